The summed E-state index contributed by atoms with van der Waals surface area (Å²) in [5, 5.41) is 10.2. The molecule has 3 rings (SSSR count). The number of fused-ring (bicyclic) bond motifs is 1. The zero-order valence-corrected chi connectivity index (χ0v) is 13.9. The van der Waals surface area contributed by atoms with Gasteiger partial charge in [0.15, 0.2) is 5.78 Å². The van der Waals surface area contributed by atoms with Crippen molar-refractivity contribution in [1.82, 2.24) is 0 Å². The van der Waals surface area contributed by atoms with E-state index in [9.17, 15) is 9.90 Å². The fourth-order valence-electron chi connectivity index (χ4n) is 3.41. The maximum Gasteiger partial charge on any atom is 0.171 e. The lowest BCUT2D eigenvalue weighted by molar-refractivity contribution is 0.0817. The lowest BCUT2D eigenvalue weighted by Crippen LogP contribution is -2.27. The molecule has 0 aromatic heterocycles. The Morgan fingerprint density at radius 3 is 2.41 bits per heavy atom. The van der Waals surface area contributed by atoms with Crippen LogP contribution < -0.4 is 0 Å². The molecule has 0 unspecified atom stereocenters. The Kier molecular flexibility index (Phi) is 3.70. The first-order chi connectivity index (χ1) is 10.4. The standard InChI is InChI=1S/C18H16Cl2O2/c1-3-18(2)14(10-7-5-4-6-8-10)11-9-12(21)15(19)16(20)13(11)17(18)22/h4-9,14,21H,3H2,1-2H3/t14-,18+/m0/s1. The molecule has 2 nitrogen and oxygen atoms in total. The molecule has 2 atom stereocenters. The minimum atomic E-state index is -0.593. The highest BCUT2D eigenvalue weighted by Crippen LogP contribution is 2.56. The first-order valence-corrected chi connectivity index (χ1v) is 7.98. The summed E-state index contributed by atoms with van der Waals surface area (Å²) in [6.07, 6.45) is 0.675. The molecule has 2 aromatic carbocycles. The highest BCUT2D eigenvalue weighted by molar-refractivity contribution is 6.45. The Morgan fingerprint density at radius 1 is 1.18 bits per heavy atom. The van der Waals surface area contributed by atoms with Gasteiger partial charge in [0.2, 0.25) is 0 Å². The minimum absolute atomic E-state index is 0.00856. The summed E-state index contributed by atoms with van der Waals surface area (Å²) in [5.41, 5.74) is 1.65. The average Bonchev–Trinajstić information content (AvgIpc) is 2.74. The topological polar surface area (TPSA) is 37.3 Å². The number of Topliss-reactive ketones (excluding diaryl/α,β-unsaturated/α-hetero) is 1. The van der Waals surface area contributed by atoms with Crippen LogP contribution >= 0.6 is 23.2 Å². The van der Waals surface area contributed by atoms with Gasteiger partial charge in [-0.1, -0.05) is 67.4 Å². The summed E-state index contributed by atoms with van der Waals surface area (Å²) in [7, 11) is 0. The van der Waals surface area contributed by atoms with Gasteiger partial charge in [0.25, 0.3) is 0 Å². The van der Waals surface area contributed by atoms with Gasteiger partial charge in [0, 0.05) is 16.9 Å². The average molecular weight is 335 g/mol. The molecule has 0 amide bonds. The largest absolute Gasteiger partial charge is 0.506 e. The monoisotopic (exact) mass is 334 g/mol. The maximum atomic E-state index is 13.0. The normalized spacial score (nSPS) is 23.6. The molecule has 0 radical (unpaired) electrons. The Morgan fingerprint density at radius 2 is 1.82 bits per heavy atom. The summed E-state index contributed by atoms with van der Waals surface area (Å²) < 4.78 is 0. The molecule has 0 bridgehead atoms. The Labute approximate surface area is 139 Å². The van der Waals surface area contributed by atoms with Crippen LogP contribution in [0.1, 0.15) is 47.7 Å². The number of hydrogen-bond acceptors (Lipinski definition) is 2. The van der Waals surface area contributed by atoms with Gasteiger partial charge < -0.3 is 5.11 Å². The van der Waals surface area contributed by atoms with E-state index in [1.807, 2.05) is 44.2 Å². The summed E-state index contributed by atoms with van der Waals surface area (Å²) >= 11 is 12.3. The van der Waals surface area contributed by atoms with Gasteiger partial charge in [0.1, 0.15) is 10.8 Å². The SMILES string of the molecule is CC[C@@]1(C)C(=O)c2c(cc(O)c(Cl)c2Cl)[C@@H]1c1ccccc1. The third-order valence-corrected chi connectivity index (χ3v) is 5.64. The number of carbonyl (C=O) groups excluding carboxylic acids is 1. The highest BCUT2D eigenvalue weighted by atomic mass is 35.5. The molecule has 4 heteroatoms. The molecule has 0 fully saturated rings. The van der Waals surface area contributed by atoms with E-state index in [2.05, 4.69) is 0 Å². The molecule has 0 saturated carbocycles. The van der Waals surface area contributed by atoms with Crippen LogP contribution in [0, 0.1) is 5.41 Å². The summed E-state index contributed by atoms with van der Waals surface area (Å²) in [4.78, 5) is 13.0. The molecular formula is C18H16Cl2O2. The zero-order chi connectivity index (χ0) is 16.1. The van der Waals surface area contributed by atoms with Crippen LogP contribution in [0.4, 0.5) is 0 Å². The molecule has 0 aliphatic heterocycles. The number of phenols is 1. The van der Waals surface area contributed by atoms with E-state index in [1.165, 1.54) is 0 Å². The number of carbonyl (C=O) groups is 1. The van der Waals surface area contributed by atoms with Crippen LogP contribution in [0.15, 0.2) is 36.4 Å². The van der Waals surface area contributed by atoms with Crippen molar-refractivity contribution in [2.75, 3.05) is 0 Å². The maximum absolute atomic E-state index is 13.0. The van der Waals surface area contributed by atoms with Crippen LogP contribution in [-0.4, -0.2) is 10.9 Å². The third kappa shape index (κ3) is 1.98. The Balaban J connectivity index is 2.33. The van der Waals surface area contributed by atoms with Crippen molar-refractivity contribution in [2.45, 2.75) is 26.2 Å². The van der Waals surface area contributed by atoms with Crippen molar-refractivity contribution in [1.29, 1.82) is 0 Å². The molecule has 114 valence electrons. The van der Waals surface area contributed by atoms with Crippen molar-refractivity contribution in [3.63, 3.8) is 0 Å². The molecule has 0 saturated heterocycles. The molecule has 1 N–H and O–H groups in total. The highest BCUT2D eigenvalue weighted by Gasteiger charge is 2.50. The van der Waals surface area contributed by atoms with E-state index in [-0.39, 0.29) is 27.5 Å². The van der Waals surface area contributed by atoms with Crippen LogP contribution in [0.5, 0.6) is 5.75 Å². The van der Waals surface area contributed by atoms with Crippen molar-refractivity contribution in [3.8, 4) is 5.75 Å². The molecule has 22 heavy (non-hydrogen) atoms. The second-order valence-corrected chi connectivity index (χ2v) is 6.69. The van der Waals surface area contributed by atoms with Crippen LogP contribution in [0.2, 0.25) is 10.0 Å². The van der Waals surface area contributed by atoms with Crippen molar-refractivity contribution in [3.05, 3.63) is 63.1 Å². The fourth-order valence-corrected chi connectivity index (χ4v) is 3.85. The predicted octanol–water partition coefficient (Wildman–Crippen LogP) is 5.44. The molecule has 0 heterocycles. The number of hydrogen-bond donors (Lipinski definition) is 1. The summed E-state index contributed by atoms with van der Waals surface area (Å²) in [6.45, 7) is 3.95. The molecule has 1 aliphatic carbocycles. The summed E-state index contributed by atoms with van der Waals surface area (Å²) in [6, 6.07) is 11.4. The Hall–Kier alpha value is -1.51. The van der Waals surface area contributed by atoms with E-state index in [0.29, 0.717) is 12.0 Å². The summed E-state index contributed by atoms with van der Waals surface area (Å²) in [5.74, 6) is -0.230. The molecule has 1 aliphatic rings. The van der Waals surface area contributed by atoms with Gasteiger partial charge in [-0.15, -0.1) is 0 Å². The number of benzene rings is 2. The second-order valence-electron chi connectivity index (χ2n) is 5.93. The zero-order valence-electron chi connectivity index (χ0n) is 12.4. The number of rotatable bonds is 2. The molecule has 0 spiro atoms. The number of phenolic OH excluding ortho intramolecular Hbond substituents is 1. The number of ketones is 1. The van der Waals surface area contributed by atoms with E-state index in [0.717, 1.165) is 11.1 Å². The van der Waals surface area contributed by atoms with Gasteiger partial charge >= 0.3 is 0 Å². The van der Waals surface area contributed by atoms with E-state index in [1.54, 1.807) is 6.07 Å². The lowest BCUT2D eigenvalue weighted by atomic mass is 9.72. The minimum Gasteiger partial charge on any atom is -0.506 e. The third-order valence-electron chi connectivity index (χ3n) is 4.78. The fraction of sp³-hybridized carbons (Fsp3) is 0.278. The van der Waals surface area contributed by atoms with E-state index >= 15 is 0 Å². The number of aromatic hydroxyl groups is 1. The van der Waals surface area contributed by atoms with Crippen LogP contribution in [0.3, 0.4) is 0 Å². The van der Waals surface area contributed by atoms with Crippen molar-refractivity contribution >= 4 is 29.0 Å². The molecule has 2 aromatic rings. The first-order valence-electron chi connectivity index (χ1n) is 7.22. The van der Waals surface area contributed by atoms with Gasteiger partial charge in [-0.05, 0) is 23.6 Å². The van der Waals surface area contributed by atoms with E-state index in [4.69, 9.17) is 23.2 Å². The molecular weight excluding hydrogens is 319 g/mol. The quantitative estimate of drug-likeness (QED) is 0.793. The second kappa shape index (κ2) is 5.29. The van der Waals surface area contributed by atoms with Gasteiger partial charge in [0.05, 0.1) is 5.02 Å². The lowest BCUT2D eigenvalue weighted by Gasteiger charge is -2.29. The smallest absolute Gasteiger partial charge is 0.171 e. The van der Waals surface area contributed by atoms with Crippen molar-refractivity contribution < 1.29 is 9.90 Å². The van der Waals surface area contributed by atoms with E-state index < -0.39 is 5.41 Å². The number of halogens is 2. The van der Waals surface area contributed by atoms with Crippen LogP contribution in [0.25, 0.3) is 0 Å². The predicted molar refractivity (Wildman–Crippen MR) is 89.1 cm³/mol. The van der Waals surface area contributed by atoms with Gasteiger partial charge in [-0.2, -0.15) is 0 Å². The van der Waals surface area contributed by atoms with Gasteiger partial charge in [-0.25, -0.2) is 0 Å². The van der Waals surface area contributed by atoms with Crippen molar-refractivity contribution in [2.24, 2.45) is 5.41 Å². The van der Waals surface area contributed by atoms with Crippen LogP contribution in [-0.2, 0) is 0 Å². The van der Waals surface area contributed by atoms with Gasteiger partial charge in [-0.3, -0.25) is 4.79 Å². The first kappa shape index (κ1) is 15.4. The Bertz CT molecular complexity index is 755.